The summed E-state index contributed by atoms with van der Waals surface area (Å²) >= 11 is 0. The molecule has 5 nitrogen and oxygen atoms in total. The summed E-state index contributed by atoms with van der Waals surface area (Å²) in [6.07, 6.45) is 1.85. The minimum absolute atomic E-state index is 0.0628. The highest BCUT2D eigenvalue weighted by atomic mass is 16.6. The van der Waals surface area contributed by atoms with Gasteiger partial charge in [-0.2, -0.15) is 0 Å². The third-order valence-corrected chi connectivity index (χ3v) is 5.43. The molecule has 1 aromatic carbocycles. The fraction of sp³-hybridized carbons (Fsp3) is 0.632. The molecule has 0 unspecified atom stereocenters. The molecule has 2 heterocycles. The van der Waals surface area contributed by atoms with Crippen LogP contribution >= 0.6 is 0 Å². The number of rotatable bonds is 3. The van der Waals surface area contributed by atoms with Crippen molar-refractivity contribution in [1.29, 1.82) is 0 Å². The lowest BCUT2D eigenvalue weighted by Crippen LogP contribution is -2.57. The molecule has 24 heavy (non-hydrogen) atoms. The molecule has 4 rings (SSSR count). The average Bonchev–Trinajstić information content (AvgIpc) is 3.27. The minimum atomic E-state index is -0.290. The predicted molar refractivity (Wildman–Crippen MR) is 89.1 cm³/mol. The number of ether oxygens (including phenoxy) is 3. The van der Waals surface area contributed by atoms with Gasteiger partial charge >= 0.3 is 0 Å². The van der Waals surface area contributed by atoms with E-state index in [4.69, 9.17) is 14.2 Å². The zero-order valence-corrected chi connectivity index (χ0v) is 14.4. The van der Waals surface area contributed by atoms with E-state index < -0.39 is 0 Å². The van der Waals surface area contributed by atoms with Crippen LogP contribution in [0.5, 0.6) is 5.75 Å². The van der Waals surface area contributed by atoms with Gasteiger partial charge < -0.3 is 19.1 Å². The maximum atomic E-state index is 13.0. The molecule has 1 amide bonds. The minimum Gasteiger partial charge on any atom is -0.496 e. The van der Waals surface area contributed by atoms with Gasteiger partial charge in [0.1, 0.15) is 11.4 Å². The van der Waals surface area contributed by atoms with E-state index in [1.54, 1.807) is 7.11 Å². The van der Waals surface area contributed by atoms with Gasteiger partial charge in [0.15, 0.2) is 0 Å². The van der Waals surface area contributed by atoms with Crippen molar-refractivity contribution in [2.24, 2.45) is 5.92 Å². The lowest BCUT2D eigenvalue weighted by molar-refractivity contribution is -0.167. The fourth-order valence-electron chi connectivity index (χ4n) is 4.22. The van der Waals surface area contributed by atoms with Crippen molar-refractivity contribution in [2.75, 3.05) is 33.4 Å². The maximum Gasteiger partial charge on any atom is 0.226 e. The molecule has 1 aromatic rings. The van der Waals surface area contributed by atoms with Crippen molar-refractivity contribution in [3.63, 3.8) is 0 Å². The van der Waals surface area contributed by atoms with Gasteiger partial charge in [-0.1, -0.05) is 18.2 Å². The van der Waals surface area contributed by atoms with Crippen LogP contribution in [0.1, 0.15) is 31.2 Å². The molecular weight excluding hydrogens is 306 g/mol. The number of carbonyl (C=O) groups is 1. The Labute approximate surface area is 142 Å². The highest BCUT2D eigenvalue weighted by Crippen LogP contribution is 2.51. The molecule has 0 N–H and O–H groups in total. The molecule has 3 fully saturated rings. The summed E-state index contributed by atoms with van der Waals surface area (Å²) in [5, 5.41) is 0. The fourth-order valence-corrected chi connectivity index (χ4v) is 4.22. The normalized spacial score (nSPS) is 35.2. The highest BCUT2D eigenvalue weighted by molar-refractivity contribution is 5.83. The van der Waals surface area contributed by atoms with Gasteiger partial charge in [0.2, 0.25) is 5.91 Å². The van der Waals surface area contributed by atoms with Gasteiger partial charge in [0, 0.05) is 25.5 Å². The SMILES string of the molecule is COc1ccccc1[C@@H]1C[C@H]1C(=O)N1C[C@H](C)O[C@]2(CCOC2)C1. The first-order valence-corrected chi connectivity index (χ1v) is 8.79. The monoisotopic (exact) mass is 331 g/mol. The molecule has 0 radical (unpaired) electrons. The molecule has 1 spiro atoms. The maximum absolute atomic E-state index is 13.0. The third kappa shape index (κ3) is 2.80. The van der Waals surface area contributed by atoms with Gasteiger partial charge in [-0.15, -0.1) is 0 Å². The Balaban J connectivity index is 1.47. The van der Waals surface area contributed by atoms with E-state index in [9.17, 15) is 4.79 Å². The van der Waals surface area contributed by atoms with Crippen LogP contribution in [0.2, 0.25) is 0 Å². The lowest BCUT2D eigenvalue weighted by atomic mass is 9.98. The molecule has 3 aliphatic rings. The van der Waals surface area contributed by atoms with E-state index in [1.165, 1.54) is 0 Å². The predicted octanol–water partition coefficient (Wildman–Crippen LogP) is 2.21. The Hall–Kier alpha value is -1.59. The van der Waals surface area contributed by atoms with Crippen molar-refractivity contribution >= 4 is 5.91 Å². The van der Waals surface area contributed by atoms with Gasteiger partial charge in [-0.25, -0.2) is 0 Å². The summed E-state index contributed by atoms with van der Waals surface area (Å²) in [5.74, 6) is 1.50. The zero-order chi connectivity index (χ0) is 16.7. The number of methoxy groups -OCH3 is 1. The summed E-state index contributed by atoms with van der Waals surface area (Å²) in [5.41, 5.74) is 0.862. The van der Waals surface area contributed by atoms with Gasteiger partial charge in [-0.3, -0.25) is 4.79 Å². The first-order chi connectivity index (χ1) is 11.6. The molecule has 4 atom stereocenters. The van der Waals surface area contributed by atoms with Crippen molar-refractivity contribution in [2.45, 2.75) is 37.4 Å². The average molecular weight is 331 g/mol. The summed E-state index contributed by atoms with van der Waals surface area (Å²) in [4.78, 5) is 15.0. The summed E-state index contributed by atoms with van der Waals surface area (Å²) in [6, 6.07) is 8.02. The van der Waals surface area contributed by atoms with Crippen molar-refractivity contribution < 1.29 is 19.0 Å². The molecular formula is C19H25NO4. The molecule has 0 aromatic heterocycles. The highest BCUT2D eigenvalue weighted by Gasteiger charge is 2.50. The number of carbonyl (C=O) groups excluding carboxylic acids is 1. The van der Waals surface area contributed by atoms with Crippen LogP contribution in [0.3, 0.4) is 0 Å². The summed E-state index contributed by atoms with van der Waals surface area (Å²) in [7, 11) is 1.69. The zero-order valence-electron chi connectivity index (χ0n) is 14.4. The van der Waals surface area contributed by atoms with Gasteiger partial charge in [-0.05, 0) is 30.9 Å². The second-order valence-electron chi connectivity index (χ2n) is 7.32. The van der Waals surface area contributed by atoms with Crippen LogP contribution in [0, 0.1) is 5.92 Å². The molecule has 130 valence electrons. The van der Waals surface area contributed by atoms with E-state index in [1.807, 2.05) is 30.0 Å². The Morgan fingerprint density at radius 3 is 2.96 bits per heavy atom. The van der Waals surface area contributed by atoms with Crippen LogP contribution in [-0.4, -0.2) is 55.9 Å². The Morgan fingerprint density at radius 1 is 1.38 bits per heavy atom. The summed E-state index contributed by atoms with van der Waals surface area (Å²) in [6.45, 7) is 4.70. The van der Waals surface area contributed by atoms with Crippen molar-refractivity contribution in [1.82, 2.24) is 4.90 Å². The molecule has 5 heteroatoms. The Kier molecular flexibility index (Phi) is 4.01. The van der Waals surface area contributed by atoms with E-state index in [0.29, 0.717) is 19.7 Å². The number of hydrogen-bond acceptors (Lipinski definition) is 4. The van der Waals surface area contributed by atoms with Crippen LogP contribution in [0.25, 0.3) is 0 Å². The second-order valence-corrected chi connectivity index (χ2v) is 7.32. The number of amides is 1. The number of hydrogen-bond donors (Lipinski definition) is 0. The number of para-hydroxylation sites is 1. The number of benzene rings is 1. The van der Waals surface area contributed by atoms with E-state index in [-0.39, 0.29) is 29.4 Å². The third-order valence-electron chi connectivity index (χ3n) is 5.43. The number of nitrogens with zero attached hydrogens (tertiary/aromatic N) is 1. The summed E-state index contributed by atoms with van der Waals surface area (Å²) < 4.78 is 17.1. The first-order valence-electron chi connectivity index (χ1n) is 8.79. The molecule has 1 saturated carbocycles. The van der Waals surface area contributed by atoms with E-state index in [0.717, 1.165) is 30.8 Å². The molecule has 2 saturated heterocycles. The standard InChI is InChI=1S/C19H25NO4/c1-13-10-20(11-19(24-13)7-8-23-12-19)18(21)16-9-15(16)14-5-3-4-6-17(14)22-2/h3-6,13,15-16H,7-12H2,1-2H3/t13-,15-,16+,19+/m0/s1. The van der Waals surface area contributed by atoms with E-state index >= 15 is 0 Å². The van der Waals surface area contributed by atoms with E-state index in [2.05, 4.69) is 6.07 Å². The second kappa shape index (κ2) is 6.05. The molecule has 2 aliphatic heterocycles. The Morgan fingerprint density at radius 2 is 2.21 bits per heavy atom. The van der Waals surface area contributed by atoms with Gasteiger partial charge in [0.05, 0.1) is 26.4 Å². The first kappa shape index (κ1) is 15.9. The van der Waals surface area contributed by atoms with Crippen molar-refractivity contribution in [3.05, 3.63) is 29.8 Å². The van der Waals surface area contributed by atoms with Crippen molar-refractivity contribution in [3.8, 4) is 5.75 Å². The van der Waals surface area contributed by atoms with Crippen LogP contribution < -0.4 is 4.74 Å². The smallest absolute Gasteiger partial charge is 0.226 e. The lowest BCUT2D eigenvalue weighted by Gasteiger charge is -2.43. The van der Waals surface area contributed by atoms with Crippen LogP contribution in [-0.2, 0) is 14.3 Å². The molecule has 1 aliphatic carbocycles. The van der Waals surface area contributed by atoms with Crippen LogP contribution in [0.4, 0.5) is 0 Å². The topological polar surface area (TPSA) is 48.0 Å². The largest absolute Gasteiger partial charge is 0.496 e. The number of morpholine rings is 1. The Bertz CT molecular complexity index is 626. The molecule has 0 bridgehead atoms. The van der Waals surface area contributed by atoms with Crippen LogP contribution in [0.15, 0.2) is 24.3 Å². The quantitative estimate of drug-likeness (QED) is 0.852. The van der Waals surface area contributed by atoms with Gasteiger partial charge in [0.25, 0.3) is 0 Å².